The van der Waals surface area contributed by atoms with Crippen LogP contribution in [0.1, 0.15) is 17.0 Å². The largest absolute Gasteiger partial charge is 0.333 e. The predicted octanol–water partition coefficient (Wildman–Crippen LogP) is 5.44. The molecule has 0 aliphatic carbocycles. The quantitative estimate of drug-likeness (QED) is 0.642. The Balaban J connectivity index is 1.90. The third-order valence-electron chi connectivity index (χ3n) is 3.18. The molecule has 0 unspecified atom stereocenters. The van der Waals surface area contributed by atoms with Crippen molar-refractivity contribution in [3.8, 4) is 11.4 Å². The van der Waals surface area contributed by atoms with Crippen LogP contribution in [0, 0.1) is 6.92 Å². The molecule has 110 valence electrons. The Morgan fingerprint density at radius 3 is 2.55 bits per heavy atom. The second-order valence-electron chi connectivity index (χ2n) is 4.78. The molecule has 0 N–H and O–H groups in total. The standard InChI is InChI=1S/C17H12Cl2N2O/c1-11-4-2-3-5-14(11)16-20-17(22-21-16)15(19)10-12-6-8-13(18)9-7-12/h2-10H,1H3/b15-10-. The summed E-state index contributed by atoms with van der Waals surface area (Å²) in [5.41, 5.74) is 2.91. The average molecular weight is 331 g/mol. The molecular weight excluding hydrogens is 319 g/mol. The van der Waals surface area contributed by atoms with Crippen molar-refractivity contribution in [2.24, 2.45) is 0 Å². The van der Waals surface area contributed by atoms with Crippen molar-refractivity contribution in [2.45, 2.75) is 6.92 Å². The zero-order chi connectivity index (χ0) is 15.5. The minimum absolute atomic E-state index is 0.287. The Morgan fingerprint density at radius 1 is 1.09 bits per heavy atom. The summed E-state index contributed by atoms with van der Waals surface area (Å²) in [6.07, 6.45) is 1.76. The average Bonchev–Trinajstić information content (AvgIpc) is 3.00. The van der Waals surface area contributed by atoms with E-state index in [1.807, 2.05) is 43.3 Å². The summed E-state index contributed by atoms with van der Waals surface area (Å²) in [4.78, 5) is 4.35. The first-order chi connectivity index (χ1) is 10.6. The van der Waals surface area contributed by atoms with Crippen molar-refractivity contribution < 1.29 is 4.52 Å². The summed E-state index contributed by atoms with van der Waals surface area (Å²) >= 11 is 12.1. The molecule has 0 saturated heterocycles. The van der Waals surface area contributed by atoms with Crippen LogP contribution >= 0.6 is 23.2 Å². The maximum atomic E-state index is 6.25. The molecule has 3 aromatic rings. The zero-order valence-corrected chi connectivity index (χ0v) is 13.3. The highest BCUT2D eigenvalue weighted by molar-refractivity contribution is 6.50. The van der Waals surface area contributed by atoms with Gasteiger partial charge in [0.25, 0.3) is 5.89 Å². The highest BCUT2D eigenvalue weighted by atomic mass is 35.5. The van der Waals surface area contributed by atoms with E-state index in [1.165, 1.54) is 0 Å². The monoisotopic (exact) mass is 330 g/mol. The number of aryl methyl sites for hydroxylation is 1. The van der Waals surface area contributed by atoms with Gasteiger partial charge in [-0.2, -0.15) is 4.98 Å². The van der Waals surface area contributed by atoms with Crippen LogP contribution in [0.5, 0.6) is 0 Å². The van der Waals surface area contributed by atoms with Gasteiger partial charge < -0.3 is 4.52 Å². The number of halogens is 2. The Labute approximate surface area is 138 Å². The molecule has 1 aromatic heterocycles. The zero-order valence-electron chi connectivity index (χ0n) is 11.8. The van der Waals surface area contributed by atoms with Gasteiger partial charge in [0.1, 0.15) is 5.03 Å². The summed E-state index contributed by atoms with van der Waals surface area (Å²) in [5.74, 6) is 0.811. The predicted molar refractivity (Wildman–Crippen MR) is 89.6 cm³/mol. The molecule has 0 aliphatic rings. The van der Waals surface area contributed by atoms with E-state index >= 15 is 0 Å². The van der Waals surface area contributed by atoms with Gasteiger partial charge in [0.15, 0.2) is 0 Å². The van der Waals surface area contributed by atoms with Crippen molar-refractivity contribution in [1.82, 2.24) is 10.1 Å². The number of benzene rings is 2. The maximum Gasteiger partial charge on any atom is 0.269 e. The molecule has 0 fully saturated rings. The molecule has 0 spiro atoms. The Morgan fingerprint density at radius 2 is 1.82 bits per heavy atom. The fourth-order valence-electron chi connectivity index (χ4n) is 2.02. The lowest BCUT2D eigenvalue weighted by atomic mass is 10.1. The van der Waals surface area contributed by atoms with E-state index in [9.17, 15) is 0 Å². The molecule has 1 heterocycles. The number of nitrogens with zero attached hydrogens (tertiary/aromatic N) is 2. The normalized spacial score (nSPS) is 11.7. The Bertz CT molecular complexity index is 823. The lowest BCUT2D eigenvalue weighted by Gasteiger charge is -1.98. The van der Waals surface area contributed by atoms with Crippen LogP contribution < -0.4 is 0 Å². The van der Waals surface area contributed by atoms with Gasteiger partial charge in [-0.05, 0) is 36.3 Å². The molecule has 5 heteroatoms. The van der Waals surface area contributed by atoms with E-state index in [0.717, 1.165) is 16.7 Å². The molecule has 22 heavy (non-hydrogen) atoms. The van der Waals surface area contributed by atoms with Crippen molar-refractivity contribution >= 4 is 34.3 Å². The second-order valence-corrected chi connectivity index (χ2v) is 5.63. The third-order valence-corrected chi connectivity index (χ3v) is 3.70. The van der Waals surface area contributed by atoms with Crippen LogP contribution in [0.3, 0.4) is 0 Å². The van der Waals surface area contributed by atoms with Gasteiger partial charge in [0.05, 0.1) is 0 Å². The van der Waals surface area contributed by atoms with Gasteiger partial charge >= 0.3 is 0 Å². The lowest BCUT2D eigenvalue weighted by molar-refractivity contribution is 0.410. The summed E-state index contributed by atoms with van der Waals surface area (Å²) in [7, 11) is 0. The van der Waals surface area contributed by atoms with Gasteiger partial charge in [-0.3, -0.25) is 0 Å². The minimum Gasteiger partial charge on any atom is -0.333 e. The van der Waals surface area contributed by atoms with E-state index in [0.29, 0.717) is 15.9 Å². The molecule has 0 bridgehead atoms. The highest BCUT2D eigenvalue weighted by Crippen LogP contribution is 2.25. The van der Waals surface area contributed by atoms with Crippen LogP contribution in [0.25, 0.3) is 22.5 Å². The SMILES string of the molecule is Cc1ccccc1-c1noc(/C(Cl)=C/c2ccc(Cl)cc2)n1. The topological polar surface area (TPSA) is 38.9 Å². The summed E-state index contributed by atoms with van der Waals surface area (Å²) in [6.45, 7) is 2.00. The van der Waals surface area contributed by atoms with E-state index in [1.54, 1.807) is 18.2 Å². The molecule has 3 rings (SSSR count). The van der Waals surface area contributed by atoms with E-state index in [-0.39, 0.29) is 5.89 Å². The number of hydrogen-bond donors (Lipinski definition) is 0. The summed E-state index contributed by atoms with van der Waals surface area (Å²) in [6, 6.07) is 15.2. The number of rotatable bonds is 3. The van der Waals surface area contributed by atoms with Crippen LogP contribution in [-0.2, 0) is 0 Å². The van der Waals surface area contributed by atoms with Crippen LogP contribution in [0.2, 0.25) is 5.02 Å². The molecular formula is C17H12Cl2N2O. The van der Waals surface area contributed by atoms with E-state index in [4.69, 9.17) is 27.7 Å². The Kier molecular flexibility index (Phi) is 4.27. The number of hydrogen-bond acceptors (Lipinski definition) is 3. The van der Waals surface area contributed by atoms with Crippen molar-refractivity contribution in [1.29, 1.82) is 0 Å². The van der Waals surface area contributed by atoms with Crippen LogP contribution in [-0.4, -0.2) is 10.1 Å². The molecule has 0 aliphatic heterocycles. The fraction of sp³-hybridized carbons (Fsp3) is 0.0588. The molecule has 2 aromatic carbocycles. The molecule has 0 saturated carbocycles. The summed E-state index contributed by atoms with van der Waals surface area (Å²) < 4.78 is 5.24. The second kappa shape index (κ2) is 6.34. The van der Waals surface area contributed by atoms with Crippen LogP contribution in [0.15, 0.2) is 53.1 Å². The third kappa shape index (κ3) is 3.21. The first kappa shape index (κ1) is 14.8. The van der Waals surface area contributed by atoms with Gasteiger partial charge in [0.2, 0.25) is 5.82 Å². The highest BCUT2D eigenvalue weighted by Gasteiger charge is 2.12. The van der Waals surface area contributed by atoms with Crippen LogP contribution in [0.4, 0.5) is 0 Å². The molecule has 0 amide bonds. The van der Waals surface area contributed by atoms with Gasteiger partial charge in [-0.15, -0.1) is 0 Å². The molecule has 3 nitrogen and oxygen atoms in total. The Hall–Kier alpha value is -2.10. The molecule has 0 radical (unpaired) electrons. The smallest absolute Gasteiger partial charge is 0.269 e. The van der Waals surface area contributed by atoms with Gasteiger partial charge in [-0.25, -0.2) is 0 Å². The minimum atomic E-state index is 0.287. The van der Waals surface area contributed by atoms with Crippen molar-refractivity contribution in [2.75, 3.05) is 0 Å². The lowest BCUT2D eigenvalue weighted by Crippen LogP contribution is -1.85. The maximum absolute atomic E-state index is 6.25. The first-order valence-electron chi connectivity index (χ1n) is 6.66. The van der Waals surface area contributed by atoms with Gasteiger partial charge in [-0.1, -0.05) is 64.8 Å². The van der Waals surface area contributed by atoms with Gasteiger partial charge in [0, 0.05) is 10.6 Å². The first-order valence-corrected chi connectivity index (χ1v) is 7.42. The van der Waals surface area contributed by atoms with E-state index < -0.39 is 0 Å². The fourth-order valence-corrected chi connectivity index (χ4v) is 2.35. The molecule has 0 atom stereocenters. The number of aromatic nitrogens is 2. The van der Waals surface area contributed by atoms with E-state index in [2.05, 4.69) is 10.1 Å². The van der Waals surface area contributed by atoms with Crippen molar-refractivity contribution in [3.05, 3.63) is 70.6 Å². The van der Waals surface area contributed by atoms with Crippen molar-refractivity contribution in [3.63, 3.8) is 0 Å². The summed E-state index contributed by atoms with van der Waals surface area (Å²) in [5, 5.41) is 5.05.